The molecular formula is C40H82. The van der Waals surface area contributed by atoms with E-state index in [1.807, 2.05) is 0 Å². The summed E-state index contributed by atoms with van der Waals surface area (Å²) in [6.45, 7) is 20.0. The van der Waals surface area contributed by atoms with Crippen LogP contribution in [0.5, 0.6) is 0 Å². The highest BCUT2D eigenvalue weighted by molar-refractivity contribution is 4.84. The Labute approximate surface area is 257 Å². The first-order valence-electron chi connectivity index (χ1n) is 19.5. The van der Waals surface area contributed by atoms with Gasteiger partial charge in [0.1, 0.15) is 0 Å². The fourth-order valence-electron chi connectivity index (χ4n) is 8.01. The van der Waals surface area contributed by atoms with E-state index in [-0.39, 0.29) is 0 Å². The maximum atomic E-state index is 2.73. The van der Waals surface area contributed by atoms with Gasteiger partial charge < -0.3 is 0 Å². The molecule has 242 valence electrons. The van der Waals surface area contributed by atoms with E-state index in [0.29, 0.717) is 0 Å². The van der Waals surface area contributed by atoms with Gasteiger partial charge >= 0.3 is 0 Å². The first-order valence-corrected chi connectivity index (χ1v) is 19.5. The Morgan fingerprint density at radius 1 is 0.325 bits per heavy atom. The van der Waals surface area contributed by atoms with Gasteiger partial charge in [0.25, 0.3) is 0 Å². The van der Waals surface area contributed by atoms with Crippen molar-refractivity contribution in [3.05, 3.63) is 0 Å². The van der Waals surface area contributed by atoms with E-state index in [4.69, 9.17) is 0 Å². The maximum Gasteiger partial charge on any atom is -0.0357 e. The third kappa shape index (κ3) is 20.0. The average molecular weight is 563 g/mol. The Morgan fingerprint density at radius 2 is 0.675 bits per heavy atom. The normalized spacial score (nSPS) is 16.5. The molecule has 0 aliphatic heterocycles. The molecule has 0 aliphatic carbocycles. The minimum absolute atomic E-state index is 0.886. The van der Waals surface area contributed by atoms with Gasteiger partial charge in [-0.05, 0) is 48.3 Å². The first kappa shape index (κ1) is 40.0. The molecule has 40 heavy (non-hydrogen) atoms. The van der Waals surface area contributed by atoms with Crippen LogP contribution in [-0.2, 0) is 0 Å². The summed E-state index contributed by atoms with van der Waals surface area (Å²) in [4.78, 5) is 0. The van der Waals surface area contributed by atoms with Gasteiger partial charge in [0.2, 0.25) is 0 Å². The summed E-state index contributed by atoms with van der Waals surface area (Å²) in [7, 11) is 0. The topological polar surface area (TPSA) is 0 Å². The van der Waals surface area contributed by atoms with Crippen LogP contribution in [-0.4, -0.2) is 0 Å². The maximum absolute atomic E-state index is 2.73. The van der Waals surface area contributed by atoms with Crippen molar-refractivity contribution in [1.29, 1.82) is 0 Å². The van der Waals surface area contributed by atoms with Crippen LogP contribution in [0, 0.1) is 35.5 Å². The Morgan fingerprint density at radius 3 is 1.10 bits per heavy atom. The van der Waals surface area contributed by atoms with E-state index >= 15 is 0 Å². The number of hydrogen-bond donors (Lipinski definition) is 0. The molecule has 0 heteroatoms. The van der Waals surface area contributed by atoms with E-state index < -0.39 is 0 Å². The van der Waals surface area contributed by atoms with Gasteiger partial charge in [-0.2, -0.15) is 0 Å². The summed E-state index contributed by atoms with van der Waals surface area (Å²) in [5.74, 6) is 5.47. The molecule has 0 rings (SSSR count). The van der Waals surface area contributed by atoms with Crippen LogP contribution in [0.3, 0.4) is 0 Å². The van der Waals surface area contributed by atoms with E-state index in [2.05, 4.69) is 55.4 Å². The molecular weight excluding hydrogens is 480 g/mol. The van der Waals surface area contributed by atoms with Gasteiger partial charge in [-0.1, -0.05) is 209 Å². The van der Waals surface area contributed by atoms with E-state index in [0.717, 1.165) is 35.5 Å². The number of hydrogen-bond acceptors (Lipinski definition) is 0. The second kappa shape index (κ2) is 29.1. The highest BCUT2D eigenvalue weighted by atomic mass is 14.4. The van der Waals surface area contributed by atoms with Crippen LogP contribution < -0.4 is 0 Å². The molecule has 0 radical (unpaired) electrons. The summed E-state index contributed by atoms with van der Waals surface area (Å²) >= 11 is 0. The largest absolute Gasteiger partial charge is 0.0654 e. The first-order chi connectivity index (χ1) is 19.5. The third-order valence-electron chi connectivity index (χ3n) is 11.0. The second-order valence-corrected chi connectivity index (χ2v) is 14.4. The van der Waals surface area contributed by atoms with E-state index in [1.165, 1.54) is 167 Å². The van der Waals surface area contributed by atoms with Crippen molar-refractivity contribution in [2.24, 2.45) is 35.5 Å². The lowest BCUT2D eigenvalue weighted by atomic mass is 9.65. The lowest BCUT2D eigenvalue weighted by Gasteiger charge is -2.41. The third-order valence-corrected chi connectivity index (χ3v) is 11.0. The molecule has 0 fully saturated rings. The summed E-state index contributed by atoms with van der Waals surface area (Å²) < 4.78 is 0. The second-order valence-electron chi connectivity index (χ2n) is 14.4. The zero-order valence-corrected chi connectivity index (χ0v) is 29.8. The SMILES string of the molecule is CCCCCCCCC(C)C(CCCCCCC)C(C)C(CCCCCCC)C(C)C(CC)CCCCCCC. The van der Waals surface area contributed by atoms with Crippen LogP contribution in [0.4, 0.5) is 0 Å². The molecule has 0 heterocycles. The van der Waals surface area contributed by atoms with Gasteiger partial charge in [-0.25, -0.2) is 0 Å². The van der Waals surface area contributed by atoms with Crippen molar-refractivity contribution in [2.45, 2.75) is 222 Å². The zero-order chi connectivity index (χ0) is 29.8. The van der Waals surface area contributed by atoms with Crippen LogP contribution in [0.25, 0.3) is 0 Å². The minimum Gasteiger partial charge on any atom is -0.0654 e. The predicted octanol–water partition coefficient (Wildman–Crippen LogP) is 15.0. The molecule has 0 spiro atoms. The molecule has 0 bridgehead atoms. The summed E-state index contributed by atoms with van der Waals surface area (Å²) in [5, 5.41) is 0. The highest BCUT2D eigenvalue weighted by Crippen LogP contribution is 2.43. The Kier molecular flexibility index (Phi) is 29.1. The molecule has 0 aliphatic rings. The van der Waals surface area contributed by atoms with Crippen molar-refractivity contribution in [3.63, 3.8) is 0 Å². The molecule has 6 atom stereocenters. The molecule has 0 saturated carbocycles. The monoisotopic (exact) mass is 563 g/mol. The van der Waals surface area contributed by atoms with Crippen LogP contribution in [0.2, 0.25) is 0 Å². The lowest BCUT2D eigenvalue weighted by Crippen LogP contribution is -2.33. The molecule has 0 aromatic carbocycles. The zero-order valence-electron chi connectivity index (χ0n) is 29.8. The Bertz CT molecular complexity index is 480. The summed E-state index contributed by atoms with van der Waals surface area (Å²) in [5.41, 5.74) is 0. The lowest BCUT2D eigenvalue weighted by molar-refractivity contribution is 0.0861. The predicted molar refractivity (Wildman–Crippen MR) is 186 cm³/mol. The number of unbranched alkanes of at least 4 members (excludes halogenated alkanes) is 17. The molecule has 0 amide bonds. The van der Waals surface area contributed by atoms with Crippen molar-refractivity contribution < 1.29 is 0 Å². The fraction of sp³-hybridized carbons (Fsp3) is 1.00. The van der Waals surface area contributed by atoms with Gasteiger partial charge in [-0.15, -0.1) is 0 Å². The van der Waals surface area contributed by atoms with Crippen molar-refractivity contribution in [3.8, 4) is 0 Å². The van der Waals surface area contributed by atoms with E-state index in [9.17, 15) is 0 Å². The van der Waals surface area contributed by atoms with Gasteiger partial charge in [-0.3, -0.25) is 0 Å². The van der Waals surface area contributed by atoms with Crippen LogP contribution >= 0.6 is 0 Å². The van der Waals surface area contributed by atoms with Crippen molar-refractivity contribution in [2.75, 3.05) is 0 Å². The smallest absolute Gasteiger partial charge is 0.0357 e. The molecule has 0 nitrogen and oxygen atoms in total. The van der Waals surface area contributed by atoms with Gasteiger partial charge in [0.05, 0.1) is 0 Å². The summed E-state index contributed by atoms with van der Waals surface area (Å²) in [6, 6.07) is 0. The number of rotatable bonds is 31. The standard InChI is InChI=1S/C40H82/c1-9-14-18-22-26-27-31-35(6)39(33-29-24-20-16-11-3)37(8)40(34-30-25-21-17-12-4)36(7)38(13-5)32-28-23-19-15-10-2/h35-40H,9-34H2,1-8H3. The van der Waals surface area contributed by atoms with Gasteiger partial charge in [0, 0.05) is 0 Å². The molecule has 6 unspecified atom stereocenters. The molecule has 0 saturated heterocycles. The summed E-state index contributed by atoms with van der Waals surface area (Å²) in [6.07, 6.45) is 37.5. The average Bonchev–Trinajstić information content (AvgIpc) is 2.95. The van der Waals surface area contributed by atoms with Gasteiger partial charge in [0.15, 0.2) is 0 Å². The Hall–Kier alpha value is 0. The van der Waals surface area contributed by atoms with E-state index in [1.54, 1.807) is 0 Å². The van der Waals surface area contributed by atoms with Crippen LogP contribution in [0.1, 0.15) is 222 Å². The van der Waals surface area contributed by atoms with Crippen molar-refractivity contribution in [1.82, 2.24) is 0 Å². The van der Waals surface area contributed by atoms with Crippen LogP contribution in [0.15, 0.2) is 0 Å². The molecule has 0 aromatic heterocycles. The molecule has 0 aromatic rings. The Balaban J connectivity index is 5.48. The van der Waals surface area contributed by atoms with Crippen molar-refractivity contribution >= 4 is 0 Å². The quantitative estimate of drug-likeness (QED) is 0.0737. The highest BCUT2D eigenvalue weighted by Gasteiger charge is 2.34. The fourth-order valence-corrected chi connectivity index (χ4v) is 8.01. The molecule has 0 N–H and O–H groups in total. The minimum atomic E-state index is 0.886.